The van der Waals surface area contributed by atoms with Crippen LogP contribution < -0.4 is 17.7 Å². The molecule has 26 heavy (non-hydrogen) atoms. The zero-order valence-corrected chi connectivity index (χ0v) is 16.0. The van der Waals surface area contributed by atoms with Gasteiger partial charge in [0.05, 0.1) is 18.1 Å². The normalized spacial score (nSPS) is 33.7. The summed E-state index contributed by atoms with van der Waals surface area (Å²) in [5.74, 6) is -0.182. The minimum atomic E-state index is -0.182. The highest BCUT2D eigenvalue weighted by molar-refractivity contribution is 5.93. The number of anilines is 1. The van der Waals surface area contributed by atoms with Gasteiger partial charge in [0.2, 0.25) is 0 Å². The van der Waals surface area contributed by atoms with Crippen LogP contribution in [0.1, 0.15) is 31.7 Å². The molecule has 1 N–H and O–H groups in total. The monoisotopic (exact) mass is 371 g/mol. The molecule has 1 saturated heterocycles. The fraction of sp³-hybridized carbons (Fsp3) is 0.476. The number of para-hydroxylation sites is 1. The van der Waals surface area contributed by atoms with E-state index in [9.17, 15) is 4.79 Å². The van der Waals surface area contributed by atoms with Gasteiger partial charge in [-0.1, -0.05) is 37.3 Å². The predicted molar refractivity (Wildman–Crippen MR) is 97.2 cm³/mol. The molecule has 1 aliphatic carbocycles. The summed E-state index contributed by atoms with van der Waals surface area (Å²) in [6.07, 6.45) is 7.53. The molecule has 3 aliphatic heterocycles. The molecule has 0 amide bonds. The molecule has 1 aromatic rings. The van der Waals surface area contributed by atoms with E-state index in [1.807, 2.05) is 0 Å². The third kappa shape index (κ3) is 1.92. The van der Waals surface area contributed by atoms with E-state index >= 15 is 0 Å². The third-order valence-corrected chi connectivity index (χ3v) is 6.97. The Morgan fingerprint density at radius 1 is 1.38 bits per heavy atom. The molecule has 1 fully saturated rings. The van der Waals surface area contributed by atoms with Crippen LogP contribution in [0.2, 0.25) is 0 Å². The van der Waals surface area contributed by atoms with Crippen molar-refractivity contribution in [2.24, 2.45) is 5.41 Å². The lowest BCUT2D eigenvalue weighted by Crippen LogP contribution is -3.00. The number of halogens is 1. The maximum atomic E-state index is 12.7. The Balaban J connectivity index is 0.00000168. The molecule has 0 bridgehead atoms. The minimum Gasteiger partial charge on any atom is -1.00 e. The number of carbonyl (C=O) groups excluding carboxylic acids is 1. The first kappa shape index (κ1) is 17.6. The van der Waals surface area contributed by atoms with Crippen molar-refractivity contribution >= 4 is 11.7 Å². The van der Waals surface area contributed by atoms with E-state index in [-0.39, 0.29) is 29.2 Å². The summed E-state index contributed by atoms with van der Waals surface area (Å²) in [4.78, 5) is 15.3. The van der Waals surface area contributed by atoms with E-state index in [0.717, 1.165) is 49.3 Å². The van der Waals surface area contributed by atoms with Gasteiger partial charge in [-0.25, -0.2) is 4.79 Å². The van der Waals surface area contributed by atoms with E-state index in [2.05, 4.69) is 53.6 Å². The van der Waals surface area contributed by atoms with Crippen molar-refractivity contribution in [2.45, 2.75) is 37.6 Å². The zero-order chi connectivity index (χ0) is 17.2. The van der Waals surface area contributed by atoms with Gasteiger partial charge < -0.3 is 22.5 Å². The number of hydrogen-bond donors (Lipinski definition) is 1. The number of esters is 1. The molecule has 4 nitrogen and oxygen atoms in total. The Morgan fingerprint density at radius 2 is 2.19 bits per heavy atom. The first-order valence-electron chi connectivity index (χ1n) is 9.26. The fourth-order valence-electron chi connectivity index (χ4n) is 6.02. The minimum absolute atomic E-state index is 0. The Kier molecular flexibility index (Phi) is 3.97. The number of nitrogens with zero attached hydrogens (tertiary/aromatic N) is 1. The van der Waals surface area contributed by atoms with Crippen LogP contribution in [0.5, 0.6) is 0 Å². The Labute approximate surface area is 160 Å². The molecule has 4 aliphatic rings. The molecule has 1 spiro atoms. The highest BCUT2D eigenvalue weighted by atomic mass is 35.5. The molecular weight excluding hydrogens is 348 g/mol. The van der Waals surface area contributed by atoms with Crippen LogP contribution >= 0.6 is 0 Å². The van der Waals surface area contributed by atoms with Crippen molar-refractivity contribution < 1.29 is 21.9 Å². The van der Waals surface area contributed by atoms with Gasteiger partial charge in [0, 0.05) is 35.9 Å². The van der Waals surface area contributed by atoms with E-state index in [1.54, 1.807) is 0 Å². The highest BCUT2D eigenvalue weighted by Crippen LogP contribution is 2.64. The Hall–Kier alpha value is -1.78. The van der Waals surface area contributed by atoms with Crippen LogP contribution in [0, 0.1) is 5.41 Å². The quantitative estimate of drug-likeness (QED) is 0.597. The summed E-state index contributed by atoms with van der Waals surface area (Å²) in [5.41, 5.74) is 4.34. The second-order valence-corrected chi connectivity index (χ2v) is 7.80. The zero-order valence-electron chi connectivity index (χ0n) is 15.2. The molecule has 0 aromatic heterocycles. The molecule has 5 rings (SSSR count). The summed E-state index contributed by atoms with van der Waals surface area (Å²) in [5, 5.41) is 3.62. The molecule has 3 heterocycles. The van der Waals surface area contributed by atoms with Crippen molar-refractivity contribution in [1.29, 1.82) is 0 Å². The second-order valence-electron chi connectivity index (χ2n) is 7.80. The third-order valence-electron chi connectivity index (χ3n) is 6.97. The lowest BCUT2D eigenvalue weighted by molar-refractivity contribution is -0.137. The molecule has 1 aromatic carbocycles. The second kappa shape index (κ2) is 5.86. The molecule has 0 unspecified atom stereocenters. The Morgan fingerprint density at radius 3 is 2.96 bits per heavy atom. The van der Waals surface area contributed by atoms with Crippen molar-refractivity contribution in [3.63, 3.8) is 0 Å². The largest absolute Gasteiger partial charge is 1.00 e. The molecule has 138 valence electrons. The van der Waals surface area contributed by atoms with E-state index < -0.39 is 0 Å². The molecule has 5 heteroatoms. The van der Waals surface area contributed by atoms with Gasteiger partial charge in [0.15, 0.2) is 0 Å². The number of carbonyl (C=O) groups is 1. The van der Waals surface area contributed by atoms with Crippen LogP contribution in [-0.4, -0.2) is 37.1 Å². The maximum absolute atomic E-state index is 12.7. The van der Waals surface area contributed by atoms with Crippen LogP contribution in [0.3, 0.4) is 0 Å². The standard InChI is InChI=1S/C21H24N2O2.ClH/c1-3-20-9-6-11-23-12-10-21(19(20)23)15-7-4-5-8-16(15)22-17(21)14(13-20)18(24)25-2;/h4-9,19,22H,3,10-13H2,1-2H3;1H/p-1/t19-,20-,21-;/m0./s1. The maximum Gasteiger partial charge on any atom is 0.335 e. The highest BCUT2D eigenvalue weighted by Gasteiger charge is 2.65. The average molecular weight is 372 g/mol. The number of benzene rings is 1. The van der Waals surface area contributed by atoms with Gasteiger partial charge in [0.1, 0.15) is 0 Å². The number of methoxy groups -OCH3 is 1. The van der Waals surface area contributed by atoms with Gasteiger partial charge in [0.25, 0.3) is 0 Å². The van der Waals surface area contributed by atoms with Crippen molar-refractivity contribution in [3.8, 4) is 0 Å². The predicted octanol–water partition coefficient (Wildman–Crippen LogP) is 0.225. The summed E-state index contributed by atoms with van der Waals surface area (Å²) < 4.78 is 5.19. The molecular formula is C21H24ClN2O2-. The first-order chi connectivity index (χ1) is 12.2. The van der Waals surface area contributed by atoms with Crippen LogP contribution in [-0.2, 0) is 14.9 Å². The fourth-order valence-corrected chi connectivity index (χ4v) is 6.02. The Bertz CT molecular complexity index is 833. The number of fused-ring (bicyclic) bond motifs is 1. The molecule has 3 atom stereocenters. The summed E-state index contributed by atoms with van der Waals surface area (Å²) >= 11 is 0. The molecule has 0 saturated carbocycles. The summed E-state index contributed by atoms with van der Waals surface area (Å²) in [7, 11) is 1.49. The van der Waals surface area contributed by atoms with Gasteiger partial charge in [-0.3, -0.25) is 4.90 Å². The van der Waals surface area contributed by atoms with Crippen LogP contribution in [0.25, 0.3) is 0 Å². The SMILES string of the molecule is CC[C@]12C=CCN3CC[C@]4(C(=C(C(=O)OC)C1)Nc1ccccc14)[C@@H]32.[Cl-]. The van der Waals surface area contributed by atoms with Crippen molar-refractivity contribution in [1.82, 2.24) is 4.90 Å². The lowest BCUT2D eigenvalue weighted by atomic mass is 9.55. The van der Waals surface area contributed by atoms with E-state index in [1.165, 1.54) is 12.7 Å². The van der Waals surface area contributed by atoms with E-state index in [4.69, 9.17) is 4.74 Å². The smallest absolute Gasteiger partial charge is 0.335 e. The first-order valence-corrected chi connectivity index (χ1v) is 9.26. The summed E-state index contributed by atoms with van der Waals surface area (Å²) in [6.45, 7) is 4.34. The average Bonchev–Trinajstić information content (AvgIpc) is 3.21. The number of rotatable bonds is 2. The van der Waals surface area contributed by atoms with Crippen molar-refractivity contribution in [3.05, 3.63) is 53.3 Å². The van der Waals surface area contributed by atoms with Crippen molar-refractivity contribution in [2.75, 3.05) is 25.5 Å². The number of ether oxygens (including phenoxy) is 1. The van der Waals surface area contributed by atoms with Gasteiger partial charge in [-0.2, -0.15) is 0 Å². The van der Waals surface area contributed by atoms with Gasteiger partial charge >= 0.3 is 5.97 Å². The number of nitrogens with one attached hydrogen (secondary N) is 1. The number of hydrogen-bond acceptors (Lipinski definition) is 4. The lowest BCUT2D eigenvalue weighted by Gasteiger charge is -2.53. The topological polar surface area (TPSA) is 41.6 Å². The van der Waals surface area contributed by atoms with E-state index in [0.29, 0.717) is 6.04 Å². The van der Waals surface area contributed by atoms with Gasteiger partial charge in [-0.15, -0.1) is 0 Å². The summed E-state index contributed by atoms with van der Waals surface area (Å²) in [6, 6.07) is 8.99. The van der Waals surface area contributed by atoms with Gasteiger partial charge in [-0.05, 0) is 30.9 Å². The van der Waals surface area contributed by atoms with Crippen LogP contribution in [0.4, 0.5) is 5.69 Å². The molecule has 0 radical (unpaired) electrons. The van der Waals surface area contributed by atoms with Crippen LogP contribution in [0.15, 0.2) is 47.7 Å².